The number of allylic oxidation sites excluding steroid dienone is 2. The van der Waals surface area contributed by atoms with E-state index < -0.39 is 0 Å². The first kappa shape index (κ1) is 4.37. The van der Waals surface area contributed by atoms with Crippen LogP contribution in [-0.4, -0.2) is 12.8 Å². The Hall–Kier alpha value is -0.790. The molecule has 1 radical (unpaired) electrons. The van der Waals surface area contributed by atoms with Crippen molar-refractivity contribution in [1.82, 2.24) is 0 Å². The number of hydrogen-bond acceptors (Lipinski definition) is 2. The summed E-state index contributed by atoms with van der Waals surface area (Å²) in [7, 11) is 1.53. The summed E-state index contributed by atoms with van der Waals surface area (Å²) in [5.74, 6) is 0. The lowest BCUT2D eigenvalue weighted by Crippen LogP contribution is -2.01. The van der Waals surface area contributed by atoms with Gasteiger partial charge in [-0.05, 0) is 0 Å². The van der Waals surface area contributed by atoms with E-state index in [1.54, 1.807) is 0 Å². The van der Waals surface area contributed by atoms with Gasteiger partial charge in [0.25, 0.3) is 0 Å². The van der Waals surface area contributed by atoms with Crippen LogP contribution in [0.15, 0.2) is 11.2 Å². The Labute approximate surface area is 42.5 Å². The maximum Gasteiger partial charge on any atom is 0.106 e. The molecule has 7 heavy (non-hydrogen) atoms. The van der Waals surface area contributed by atoms with Crippen molar-refractivity contribution < 1.29 is 4.84 Å². The monoisotopic (exact) mass is 96.0 g/mol. The molecule has 0 spiro atoms. The van der Waals surface area contributed by atoms with Crippen molar-refractivity contribution in [3.05, 3.63) is 12.2 Å². The third kappa shape index (κ3) is 0.796. The van der Waals surface area contributed by atoms with Crippen LogP contribution in [0.1, 0.15) is 6.42 Å². The highest BCUT2D eigenvalue weighted by atomic mass is 16.6. The van der Waals surface area contributed by atoms with Crippen LogP contribution in [0, 0.1) is 6.08 Å². The van der Waals surface area contributed by atoms with Crippen molar-refractivity contribution in [3.8, 4) is 0 Å². The van der Waals surface area contributed by atoms with Crippen molar-refractivity contribution in [2.75, 3.05) is 7.11 Å². The SMILES string of the molecule is CON=C1[C]=CC1. The molecule has 0 aliphatic heterocycles. The molecule has 2 nitrogen and oxygen atoms in total. The summed E-state index contributed by atoms with van der Waals surface area (Å²) in [6, 6.07) is 0. The first-order valence-electron chi connectivity index (χ1n) is 2.11. The minimum Gasteiger partial charge on any atom is -0.399 e. The highest BCUT2D eigenvalue weighted by molar-refractivity contribution is 5.97. The molecular formula is C5H6NO. The maximum atomic E-state index is 4.45. The average molecular weight is 96.1 g/mol. The van der Waals surface area contributed by atoms with Crippen LogP contribution in [0.25, 0.3) is 0 Å². The van der Waals surface area contributed by atoms with Crippen molar-refractivity contribution in [3.63, 3.8) is 0 Å². The van der Waals surface area contributed by atoms with Gasteiger partial charge in [-0.2, -0.15) is 0 Å². The van der Waals surface area contributed by atoms with Gasteiger partial charge in [0.15, 0.2) is 0 Å². The lowest BCUT2D eigenvalue weighted by molar-refractivity contribution is 0.212. The first-order valence-corrected chi connectivity index (χ1v) is 2.11. The van der Waals surface area contributed by atoms with Gasteiger partial charge < -0.3 is 4.84 Å². The van der Waals surface area contributed by atoms with Gasteiger partial charge in [-0.25, -0.2) is 0 Å². The standard InChI is InChI=1S/C5H6NO/c1-7-6-5-3-2-4-5/h2H,3H2,1H3. The van der Waals surface area contributed by atoms with Crippen LogP contribution in [0.3, 0.4) is 0 Å². The fraction of sp³-hybridized carbons (Fsp3) is 0.400. The van der Waals surface area contributed by atoms with E-state index in [9.17, 15) is 0 Å². The summed E-state index contributed by atoms with van der Waals surface area (Å²) in [6.07, 6.45) is 5.67. The summed E-state index contributed by atoms with van der Waals surface area (Å²) in [4.78, 5) is 4.45. The number of oxime groups is 1. The van der Waals surface area contributed by atoms with Gasteiger partial charge in [-0.3, -0.25) is 0 Å². The number of hydrogen-bond donors (Lipinski definition) is 0. The zero-order valence-corrected chi connectivity index (χ0v) is 4.14. The van der Waals surface area contributed by atoms with E-state index in [4.69, 9.17) is 0 Å². The first-order chi connectivity index (χ1) is 3.43. The Kier molecular flexibility index (Phi) is 1.11. The average Bonchev–Trinajstić information content (AvgIpc) is 1.55. The Morgan fingerprint density at radius 2 is 2.71 bits per heavy atom. The van der Waals surface area contributed by atoms with Gasteiger partial charge in [0.1, 0.15) is 7.11 Å². The third-order valence-electron chi connectivity index (χ3n) is 0.766. The fourth-order valence-corrected chi connectivity index (χ4v) is 0.367. The number of nitrogens with zero attached hydrogens (tertiary/aromatic N) is 1. The molecule has 0 aromatic rings. The zero-order valence-electron chi connectivity index (χ0n) is 4.14. The van der Waals surface area contributed by atoms with Crippen molar-refractivity contribution >= 4 is 5.71 Å². The maximum absolute atomic E-state index is 4.45. The summed E-state index contributed by atoms with van der Waals surface area (Å²) >= 11 is 0. The molecule has 0 aromatic carbocycles. The van der Waals surface area contributed by atoms with Crippen molar-refractivity contribution in [2.45, 2.75) is 6.42 Å². The van der Waals surface area contributed by atoms with Crippen molar-refractivity contribution in [2.24, 2.45) is 5.16 Å². The van der Waals surface area contributed by atoms with Gasteiger partial charge in [-0.1, -0.05) is 11.2 Å². The smallest absolute Gasteiger partial charge is 0.106 e. The van der Waals surface area contributed by atoms with Crippen LogP contribution < -0.4 is 0 Å². The second kappa shape index (κ2) is 1.78. The van der Waals surface area contributed by atoms with Crippen LogP contribution in [0.5, 0.6) is 0 Å². The van der Waals surface area contributed by atoms with E-state index >= 15 is 0 Å². The molecule has 37 valence electrons. The van der Waals surface area contributed by atoms with Gasteiger partial charge in [0.2, 0.25) is 0 Å². The lowest BCUT2D eigenvalue weighted by Gasteiger charge is -2.00. The molecule has 0 saturated heterocycles. The van der Waals surface area contributed by atoms with E-state index in [0.29, 0.717) is 0 Å². The quantitative estimate of drug-likeness (QED) is 0.441. The molecule has 0 aromatic heterocycles. The molecule has 2 heteroatoms. The van der Waals surface area contributed by atoms with Crippen LogP contribution in [0.2, 0.25) is 0 Å². The van der Waals surface area contributed by atoms with Crippen LogP contribution in [0.4, 0.5) is 0 Å². The summed E-state index contributed by atoms with van der Waals surface area (Å²) in [5, 5.41) is 3.60. The van der Waals surface area contributed by atoms with E-state index in [0.717, 1.165) is 12.1 Å². The third-order valence-corrected chi connectivity index (χ3v) is 0.766. The minimum atomic E-state index is 0.905. The lowest BCUT2D eigenvalue weighted by atomic mass is 10.1. The predicted molar refractivity (Wildman–Crippen MR) is 26.9 cm³/mol. The molecule has 1 aliphatic rings. The summed E-state index contributed by atoms with van der Waals surface area (Å²) in [6.45, 7) is 0. The molecule has 0 fully saturated rings. The second-order valence-corrected chi connectivity index (χ2v) is 1.27. The van der Waals surface area contributed by atoms with Crippen molar-refractivity contribution in [1.29, 1.82) is 0 Å². The molecule has 0 saturated carbocycles. The predicted octanol–water partition coefficient (Wildman–Crippen LogP) is 0.752. The molecule has 0 heterocycles. The molecule has 0 atom stereocenters. The Morgan fingerprint density at radius 3 is 2.86 bits per heavy atom. The van der Waals surface area contributed by atoms with Crippen LogP contribution >= 0.6 is 0 Å². The molecular weight excluding hydrogens is 90.1 g/mol. The molecule has 0 N–H and O–H groups in total. The normalized spacial score (nSPS) is 22.1. The topological polar surface area (TPSA) is 21.6 Å². The molecule has 0 bridgehead atoms. The minimum absolute atomic E-state index is 0.905. The molecule has 0 unspecified atom stereocenters. The van der Waals surface area contributed by atoms with E-state index in [2.05, 4.69) is 16.1 Å². The largest absolute Gasteiger partial charge is 0.399 e. The van der Waals surface area contributed by atoms with Gasteiger partial charge in [0.05, 0.1) is 5.71 Å². The molecule has 0 amide bonds. The summed E-state index contributed by atoms with van der Waals surface area (Å²) in [5.41, 5.74) is 0.905. The highest BCUT2D eigenvalue weighted by Gasteiger charge is 1.99. The molecule has 1 rings (SSSR count). The Balaban J connectivity index is 2.40. The fourth-order valence-electron chi connectivity index (χ4n) is 0.367. The summed E-state index contributed by atoms with van der Waals surface area (Å²) < 4.78 is 0. The number of rotatable bonds is 1. The van der Waals surface area contributed by atoms with Gasteiger partial charge in [-0.15, -0.1) is 0 Å². The Morgan fingerprint density at radius 1 is 2.00 bits per heavy atom. The van der Waals surface area contributed by atoms with E-state index in [1.807, 2.05) is 6.08 Å². The van der Waals surface area contributed by atoms with E-state index in [-0.39, 0.29) is 0 Å². The van der Waals surface area contributed by atoms with E-state index in [1.165, 1.54) is 7.11 Å². The zero-order chi connectivity index (χ0) is 5.11. The van der Waals surface area contributed by atoms with Gasteiger partial charge in [0, 0.05) is 12.5 Å². The highest BCUT2D eigenvalue weighted by Crippen LogP contribution is 2.00. The second-order valence-electron chi connectivity index (χ2n) is 1.27. The molecule has 1 aliphatic carbocycles. The van der Waals surface area contributed by atoms with Crippen LogP contribution in [-0.2, 0) is 4.84 Å². The Bertz CT molecular complexity index is 115. The van der Waals surface area contributed by atoms with Gasteiger partial charge >= 0.3 is 0 Å².